The highest BCUT2D eigenvalue weighted by Crippen LogP contribution is 2.33. The maximum atomic E-state index is 13.4. The first-order chi connectivity index (χ1) is 17.8. The predicted octanol–water partition coefficient (Wildman–Crippen LogP) is 5.61. The summed E-state index contributed by atoms with van der Waals surface area (Å²) < 4.78 is 34.5. The van der Waals surface area contributed by atoms with Crippen LogP contribution >= 0.6 is 11.6 Å². The van der Waals surface area contributed by atoms with E-state index in [4.69, 9.17) is 26.3 Å². The van der Waals surface area contributed by atoms with Crippen LogP contribution in [0.3, 0.4) is 0 Å². The van der Waals surface area contributed by atoms with Crippen LogP contribution in [-0.2, 0) is 29.5 Å². The summed E-state index contributed by atoms with van der Waals surface area (Å²) in [5, 5.41) is 0.484. The number of hydrogen-bond donors (Lipinski definition) is 0. The smallest absolute Gasteiger partial charge is 0.243 e. The van der Waals surface area contributed by atoms with Crippen molar-refractivity contribution < 1.29 is 13.2 Å². The van der Waals surface area contributed by atoms with E-state index in [1.807, 2.05) is 61.3 Å². The van der Waals surface area contributed by atoms with E-state index in [9.17, 15) is 8.42 Å². The molecule has 0 saturated heterocycles. The van der Waals surface area contributed by atoms with Crippen molar-refractivity contribution in [3.8, 4) is 11.6 Å². The lowest BCUT2D eigenvalue weighted by molar-refractivity contribution is 0.369. The summed E-state index contributed by atoms with van der Waals surface area (Å²) in [6, 6.07) is 24.0. The predicted molar refractivity (Wildman–Crippen MR) is 145 cm³/mol. The summed E-state index contributed by atoms with van der Waals surface area (Å²) in [6.07, 6.45) is 0.446. The van der Waals surface area contributed by atoms with Gasteiger partial charge in [-0.1, -0.05) is 59.6 Å². The lowest BCUT2D eigenvalue weighted by Crippen LogP contribution is -2.37. The molecule has 190 valence electrons. The molecule has 7 nitrogen and oxygen atoms in total. The zero-order valence-electron chi connectivity index (χ0n) is 20.6. The van der Waals surface area contributed by atoms with Gasteiger partial charge in [0.05, 0.1) is 16.2 Å². The molecule has 0 amide bonds. The molecule has 0 atom stereocenters. The molecule has 3 aromatic carbocycles. The van der Waals surface area contributed by atoms with E-state index in [1.54, 1.807) is 12.1 Å². The van der Waals surface area contributed by atoms with E-state index >= 15 is 0 Å². The summed E-state index contributed by atoms with van der Waals surface area (Å²) in [5.41, 5.74) is 3.70. The molecule has 1 aromatic heterocycles. The Morgan fingerprint density at radius 1 is 0.973 bits per heavy atom. The van der Waals surface area contributed by atoms with E-state index in [0.717, 1.165) is 16.8 Å². The van der Waals surface area contributed by atoms with Gasteiger partial charge in [0.2, 0.25) is 21.9 Å². The first-order valence-corrected chi connectivity index (χ1v) is 13.8. The van der Waals surface area contributed by atoms with Crippen molar-refractivity contribution >= 4 is 27.6 Å². The summed E-state index contributed by atoms with van der Waals surface area (Å²) in [5.74, 6) is 1.51. The first kappa shape index (κ1) is 25.2. The summed E-state index contributed by atoms with van der Waals surface area (Å²) in [6.45, 7) is 3.05. The monoisotopic (exact) mass is 534 g/mol. The van der Waals surface area contributed by atoms with Crippen LogP contribution in [0, 0.1) is 6.92 Å². The number of benzene rings is 3. The molecule has 0 unspecified atom stereocenters. The fourth-order valence-electron chi connectivity index (χ4n) is 4.21. The SMILES string of the molecule is Cc1ccc(Oc2nc(N(C)Cc3ccccc3)nc3c2CN(S(=O)(=O)c2ccc(Cl)cc2)CC3)cc1. The first-order valence-electron chi connectivity index (χ1n) is 11.9. The van der Waals surface area contributed by atoms with Crippen molar-refractivity contribution in [2.24, 2.45) is 0 Å². The second-order valence-electron chi connectivity index (χ2n) is 9.05. The number of aryl methyl sites for hydroxylation is 1. The molecule has 0 radical (unpaired) electrons. The number of nitrogens with zero attached hydrogens (tertiary/aromatic N) is 4. The minimum atomic E-state index is -3.73. The highest BCUT2D eigenvalue weighted by Gasteiger charge is 2.32. The van der Waals surface area contributed by atoms with Crippen LogP contribution in [0.15, 0.2) is 83.8 Å². The Hall–Kier alpha value is -3.46. The molecule has 37 heavy (non-hydrogen) atoms. The van der Waals surface area contributed by atoms with Crippen molar-refractivity contribution in [3.05, 3.63) is 106 Å². The Kier molecular flexibility index (Phi) is 7.15. The number of hydrogen-bond acceptors (Lipinski definition) is 6. The molecule has 0 bridgehead atoms. The molecule has 0 N–H and O–H groups in total. The number of ether oxygens (including phenoxy) is 1. The van der Waals surface area contributed by atoms with Crippen LogP contribution in [0.25, 0.3) is 0 Å². The summed E-state index contributed by atoms with van der Waals surface area (Å²) >= 11 is 5.97. The molecule has 1 aliphatic rings. The van der Waals surface area contributed by atoms with Crippen molar-refractivity contribution in [1.29, 1.82) is 0 Å². The van der Waals surface area contributed by atoms with Crippen LogP contribution in [0.5, 0.6) is 11.6 Å². The molecule has 0 aliphatic carbocycles. The molecule has 9 heteroatoms. The van der Waals surface area contributed by atoms with Crippen LogP contribution in [0.4, 0.5) is 5.95 Å². The Balaban J connectivity index is 1.50. The molecular weight excluding hydrogens is 508 g/mol. The largest absolute Gasteiger partial charge is 0.439 e. The van der Waals surface area contributed by atoms with Gasteiger partial charge in [0.25, 0.3) is 0 Å². The Morgan fingerprint density at radius 3 is 2.38 bits per heavy atom. The van der Waals surface area contributed by atoms with Gasteiger partial charge in [-0.05, 0) is 48.9 Å². The third-order valence-corrected chi connectivity index (χ3v) is 8.38. The van der Waals surface area contributed by atoms with Crippen molar-refractivity contribution in [2.45, 2.75) is 31.3 Å². The number of anilines is 1. The molecule has 5 rings (SSSR count). The van der Waals surface area contributed by atoms with Crippen LogP contribution in [-0.4, -0.2) is 36.3 Å². The third kappa shape index (κ3) is 5.61. The van der Waals surface area contributed by atoms with Gasteiger partial charge in [0.1, 0.15) is 5.75 Å². The zero-order chi connectivity index (χ0) is 26.0. The standard InChI is InChI=1S/C28H27ClN4O3S/c1-20-8-12-23(13-9-20)36-27-25-19-33(37(34,35)24-14-10-22(29)11-15-24)17-16-26(25)30-28(31-27)32(2)18-21-6-4-3-5-7-21/h3-15H,16-19H2,1-2H3. The Labute approximate surface area is 222 Å². The topological polar surface area (TPSA) is 75.6 Å². The average molecular weight is 535 g/mol. The maximum absolute atomic E-state index is 13.4. The third-order valence-electron chi connectivity index (χ3n) is 6.27. The van der Waals surface area contributed by atoms with Gasteiger partial charge in [-0.25, -0.2) is 13.4 Å². The van der Waals surface area contributed by atoms with E-state index in [1.165, 1.54) is 16.4 Å². The van der Waals surface area contributed by atoms with Crippen LogP contribution in [0.1, 0.15) is 22.4 Å². The zero-order valence-corrected chi connectivity index (χ0v) is 22.2. The van der Waals surface area contributed by atoms with Crippen LogP contribution < -0.4 is 9.64 Å². The summed E-state index contributed by atoms with van der Waals surface area (Å²) in [4.78, 5) is 11.7. The molecule has 0 spiro atoms. The lowest BCUT2D eigenvalue weighted by atomic mass is 10.1. The van der Waals surface area contributed by atoms with E-state index < -0.39 is 10.0 Å². The van der Waals surface area contributed by atoms with Crippen molar-refractivity contribution in [2.75, 3.05) is 18.5 Å². The van der Waals surface area contributed by atoms with Crippen molar-refractivity contribution in [3.63, 3.8) is 0 Å². The van der Waals surface area contributed by atoms with E-state index in [-0.39, 0.29) is 11.4 Å². The fraction of sp³-hybridized carbons (Fsp3) is 0.214. The summed E-state index contributed by atoms with van der Waals surface area (Å²) in [7, 11) is -1.80. The van der Waals surface area contributed by atoms with Crippen molar-refractivity contribution in [1.82, 2.24) is 14.3 Å². The molecule has 1 aliphatic heterocycles. The fourth-order valence-corrected chi connectivity index (χ4v) is 5.74. The minimum Gasteiger partial charge on any atom is -0.439 e. The van der Waals surface area contributed by atoms with Gasteiger partial charge < -0.3 is 9.64 Å². The molecule has 2 heterocycles. The molecule has 0 saturated carbocycles. The number of halogens is 1. The van der Waals surface area contributed by atoms with Gasteiger partial charge in [0, 0.05) is 38.1 Å². The number of aromatic nitrogens is 2. The maximum Gasteiger partial charge on any atom is 0.243 e. The molecule has 0 fully saturated rings. The highest BCUT2D eigenvalue weighted by molar-refractivity contribution is 7.89. The lowest BCUT2D eigenvalue weighted by Gasteiger charge is -2.29. The van der Waals surface area contributed by atoms with Gasteiger partial charge in [0.15, 0.2) is 0 Å². The van der Waals surface area contributed by atoms with Crippen LogP contribution in [0.2, 0.25) is 5.02 Å². The van der Waals surface area contributed by atoms with E-state index in [0.29, 0.717) is 47.7 Å². The minimum absolute atomic E-state index is 0.115. The van der Waals surface area contributed by atoms with E-state index in [2.05, 4.69) is 12.1 Å². The second-order valence-corrected chi connectivity index (χ2v) is 11.4. The van der Waals surface area contributed by atoms with Gasteiger partial charge in [-0.3, -0.25) is 0 Å². The van der Waals surface area contributed by atoms with Gasteiger partial charge >= 0.3 is 0 Å². The quantitative estimate of drug-likeness (QED) is 0.306. The normalized spacial score (nSPS) is 13.7. The average Bonchev–Trinajstić information content (AvgIpc) is 2.90. The van der Waals surface area contributed by atoms with Gasteiger partial charge in [-0.2, -0.15) is 9.29 Å². The Morgan fingerprint density at radius 2 is 1.68 bits per heavy atom. The Bertz CT molecular complexity index is 1500. The number of sulfonamides is 1. The molecular formula is C28H27ClN4O3S. The second kappa shape index (κ2) is 10.5. The number of rotatable bonds is 7. The van der Waals surface area contributed by atoms with Gasteiger partial charge in [-0.15, -0.1) is 0 Å². The molecule has 4 aromatic rings. The number of fused-ring (bicyclic) bond motifs is 1. The highest BCUT2D eigenvalue weighted by atomic mass is 35.5.